The Kier molecular flexibility index (Phi) is 7.14. The molecule has 6 aliphatic rings. The molecule has 4 nitrogen and oxygen atoms in total. The second-order valence-electron chi connectivity index (χ2n) is 14.2. The number of allylic oxidation sites excluding steroid dienone is 12. The Bertz CT molecular complexity index is 2250. The van der Waals surface area contributed by atoms with E-state index in [0.717, 1.165) is 67.0 Å². The summed E-state index contributed by atoms with van der Waals surface area (Å²) < 4.78 is 9.01. The normalized spacial score (nSPS) is 24.0. The molecule has 2 aromatic carbocycles. The van der Waals surface area contributed by atoms with E-state index < -0.39 is 0 Å². The van der Waals surface area contributed by atoms with Gasteiger partial charge in [-0.3, -0.25) is 4.57 Å². The van der Waals surface area contributed by atoms with Gasteiger partial charge in [0.25, 0.3) is 0 Å². The van der Waals surface area contributed by atoms with Crippen LogP contribution < -0.4 is 0 Å². The molecule has 3 heterocycles. The second kappa shape index (κ2) is 12.1. The van der Waals surface area contributed by atoms with Crippen LogP contribution in [0.1, 0.15) is 53.9 Å². The number of hydrogen-bond donors (Lipinski definition) is 0. The molecule has 2 aromatic heterocycles. The van der Waals surface area contributed by atoms with Crippen LogP contribution in [0, 0.1) is 17.8 Å². The van der Waals surface area contributed by atoms with Gasteiger partial charge in [0.05, 0.1) is 22.8 Å². The van der Waals surface area contributed by atoms with Crippen molar-refractivity contribution < 1.29 is 4.74 Å². The van der Waals surface area contributed by atoms with Crippen LogP contribution in [-0.4, -0.2) is 20.6 Å². The lowest BCUT2D eigenvalue weighted by Gasteiger charge is -2.26. The predicted octanol–water partition coefficient (Wildman–Crippen LogP) is 10.5. The van der Waals surface area contributed by atoms with Crippen LogP contribution in [0.25, 0.3) is 46.1 Å². The van der Waals surface area contributed by atoms with Gasteiger partial charge in [0.15, 0.2) is 0 Å². The van der Waals surface area contributed by atoms with Crippen LogP contribution in [0.3, 0.4) is 0 Å². The van der Waals surface area contributed by atoms with Crippen LogP contribution in [0.4, 0.5) is 0 Å². The first-order valence-corrected chi connectivity index (χ1v) is 18.2. The van der Waals surface area contributed by atoms with E-state index in [2.05, 4.69) is 144 Å². The number of ether oxygens (including phenoxy) is 1. The maximum atomic E-state index is 6.68. The van der Waals surface area contributed by atoms with E-state index in [1.165, 1.54) is 45.0 Å². The van der Waals surface area contributed by atoms with E-state index >= 15 is 0 Å². The molecule has 0 amide bonds. The largest absolute Gasteiger partial charge is 0.489 e. The minimum atomic E-state index is 0.152. The molecule has 10 rings (SSSR count). The molecular formula is C46H39N3O. The highest BCUT2D eigenvalue weighted by atomic mass is 16.5. The van der Waals surface area contributed by atoms with Gasteiger partial charge in [-0.25, -0.2) is 9.97 Å². The van der Waals surface area contributed by atoms with Crippen LogP contribution in [0.2, 0.25) is 0 Å². The molecule has 0 spiro atoms. The Balaban J connectivity index is 1.07. The van der Waals surface area contributed by atoms with E-state index in [1.807, 2.05) is 0 Å². The Labute approximate surface area is 294 Å². The zero-order valence-corrected chi connectivity index (χ0v) is 28.1. The summed E-state index contributed by atoms with van der Waals surface area (Å²) in [6, 6.07) is 21.5. The Morgan fingerprint density at radius 1 is 0.680 bits per heavy atom. The van der Waals surface area contributed by atoms with Gasteiger partial charge in [-0.2, -0.15) is 0 Å². The first-order valence-electron chi connectivity index (χ1n) is 18.2. The molecule has 4 heteroatoms. The molecule has 0 radical (unpaired) electrons. The van der Waals surface area contributed by atoms with E-state index in [9.17, 15) is 0 Å². The van der Waals surface area contributed by atoms with Crippen molar-refractivity contribution in [2.24, 2.45) is 17.8 Å². The van der Waals surface area contributed by atoms with Crippen molar-refractivity contribution in [3.8, 4) is 28.3 Å². The molecule has 0 N–H and O–H groups in total. The summed E-state index contributed by atoms with van der Waals surface area (Å²) in [4.78, 5) is 10.6. The van der Waals surface area contributed by atoms with Gasteiger partial charge >= 0.3 is 0 Å². The summed E-state index contributed by atoms with van der Waals surface area (Å²) in [5.41, 5.74) is 13.2. The van der Waals surface area contributed by atoms with Crippen LogP contribution >= 0.6 is 0 Å². The lowest BCUT2D eigenvalue weighted by Crippen LogP contribution is -2.19. The minimum Gasteiger partial charge on any atom is -0.489 e. The summed E-state index contributed by atoms with van der Waals surface area (Å²) in [5, 5.41) is 0. The average molecular weight is 650 g/mol. The second-order valence-corrected chi connectivity index (χ2v) is 14.2. The van der Waals surface area contributed by atoms with Crippen LogP contribution in [0.5, 0.6) is 0 Å². The van der Waals surface area contributed by atoms with Gasteiger partial charge in [0, 0.05) is 23.3 Å². The van der Waals surface area contributed by atoms with Crippen molar-refractivity contribution in [3.63, 3.8) is 0 Å². The highest BCUT2D eigenvalue weighted by Gasteiger charge is 2.42. The van der Waals surface area contributed by atoms with Crippen LogP contribution in [0.15, 0.2) is 139 Å². The highest BCUT2D eigenvalue weighted by molar-refractivity contribution is 5.77. The number of benzene rings is 2. The van der Waals surface area contributed by atoms with Gasteiger partial charge < -0.3 is 4.74 Å². The molecule has 50 heavy (non-hydrogen) atoms. The topological polar surface area (TPSA) is 39.9 Å². The summed E-state index contributed by atoms with van der Waals surface area (Å²) in [7, 11) is 0. The number of nitrogens with zero attached hydrogens (tertiary/aromatic N) is 3. The van der Waals surface area contributed by atoms with Crippen molar-refractivity contribution in [2.75, 3.05) is 0 Å². The minimum absolute atomic E-state index is 0.152. The number of rotatable bonds is 5. The molecule has 0 saturated carbocycles. The molecule has 1 aliphatic heterocycles. The molecule has 244 valence electrons. The number of aromatic nitrogens is 3. The first-order chi connectivity index (χ1) is 24.8. The smallest absolute Gasteiger partial charge is 0.235 e. The highest BCUT2D eigenvalue weighted by Crippen LogP contribution is 2.48. The monoisotopic (exact) mass is 649 g/mol. The van der Waals surface area contributed by atoms with Crippen molar-refractivity contribution in [1.29, 1.82) is 0 Å². The van der Waals surface area contributed by atoms with Gasteiger partial charge in [0.1, 0.15) is 11.9 Å². The third-order valence-electron chi connectivity index (χ3n) is 11.3. The van der Waals surface area contributed by atoms with E-state index in [4.69, 9.17) is 14.7 Å². The van der Waals surface area contributed by atoms with E-state index in [-0.39, 0.29) is 12.0 Å². The molecule has 1 fully saturated rings. The number of hydrogen-bond acceptors (Lipinski definition) is 3. The van der Waals surface area contributed by atoms with Crippen molar-refractivity contribution >= 4 is 17.7 Å². The van der Waals surface area contributed by atoms with Crippen molar-refractivity contribution in [2.45, 2.75) is 44.6 Å². The fourth-order valence-corrected chi connectivity index (χ4v) is 8.78. The number of fused-ring (bicyclic) bond motifs is 6. The summed E-state index contributed by atoms with van der Waals surface area (Å²) >= 11 is 0. The fourth-order valence-electron chi connectivity index (χ4n) is 8.78. The summed E-state index contributed by atoms with van der Waals surface area (Å²) in [6.07, 6.45) is 36.1. The Hall–Kier alpha value is -5.48. The van der Waals surface area contributed by atoms with E-state index in [1.54, 1.807) is 0 Å². The fraction of sp³-hybridized carbons (Fsp3) is 0.217. The van der Waals surface area contributed by atoms with Crippen molar-refractivity contribution in [1.82, 2.24) is 14.5 Å². The quantitative estimate of drug-likeness (QED) is 0.216. The average Bonchev–Trinajstić information content (AvgIpc) is 3.74. The zero-order chi connectivity index (χ0) is 33.0. The molecule has 5 aliphatic carbocycles. The third kappa shape index (κ3) is 4.96. The molecular weight excluding hydrogens is 611 g/mol. The lowest BCUT2D eigenvalue weighted by molar-refractivity contribution is 0.181. The van der Waals surface area contributed by atoms with Gasteiger partial charge in [-0.1, -0.05) is 115 Å². The van der Waals surface area contributed by atoms with E-state index in [0.29, 0.717) is 11.8 Å². The molecule has 1 saturated heterocycles. The van der Waals surface area contributed by atoms with Gasteiger partial charge in [-0.15, -0.1) is 0 Å². The first kappa shape index (κ1) is 29.4. The molecule has 0 bridgehead atoms. The van der Waals surface area contributed by atoms with Crippen LogP contribution in [-0.2, 0) is 17.6 Å². The standard InChI is InChI=1S/C46H39N3O/c1-3-12-30(13-4-1)31-22-24-33(25-23-31)41-29-40(32-14-5-2-6-15-32)47-46(48-41)49-42-20-9-7-16-36(42)39-28-34(26-27-43(39)49)35-18-11-19-38-37-17-8-10-21-44(37)50-45(35)38/h1,3-5,8-15,17-18,20-27,29,34,37-38,44H,2,6-7,16,19,28H2. The third-order valence-corrected chi connectivity index (χ3v) is 11.3. The molecule has 4 atom stereocenters. The summed E-state index contributed by atoms with van der Waals surface area (Å²) in [5.74, 6) is 3.08. The lowest BCUT2D eigenvalue weighted by atomic mass is 9.77. The maximum Gasteiger partial charge on any atom is 0.235 e. The zero-order valence-electron chi connectivity index (χ0n) is 28.1. The predicted molar refractivity (Wildman–Crippen MR) is 203 cm³/mol. The molecule has 4 unspecified atom stereocenters. The van der Waals surface area contributed by atoms with Gasteiger partial charge in [0.2, 0.25) is 5.95 Å². The Morgan fingerprint density at radius 2 is 1.48 bits per heavy atom. The SMILES string of the molecule is C1=CC2OC3=C(C4C=Cc5c(c6c(n5-c5nc(C7=CCCC=C7)cc(-c7ccc(-c8ccccc8)cc7)n5)C=CCC6)C4)C=CCC3C2C=C1. The maximum absolute atomic E-state index is 6.68. The molecule has 4 aromatic rings. The summed E-state index contributed by atoms with van der Waals surface area (Å²) in [6.45, 7) is 0. The van der Waals surface area contributed by atoms with Crippen molar-refractivity contribution in [3.05, 3.63) is 167 Å². The van der Waals surface area contributed by atoms with Gasteiger partial charge in [-0.05, 0) is 96.2 Å². The Morgan fingerprint density at radius 3 is 2.36 bits per heavy atom.